The summed E-state index contributed by atoms with van der Waals surface area (Å²) in [4.78, 5) is 0. The molecule has 15 heavy (non-hydrogen) atoms. The molecule has 0 spiro atoms. The average Bonchev–Trinajstić information content (AvgIpc) is 2.24. The smallest absolute Gasteiger partial charge is 0.111 e. The fourth-order valence-electron chi connectivity index (χ4n) is 1.57. The van der Waals surface area contributed by atoms with Gasteiger partial charge in [-0.05, 0) is 18.8 Å². The molecule has 0 radical (unpaired) electrons. The summed E-state index contributed by atoms with van der Waals surface area (Å²) in [5.74, 6) is 0.543. The predicted molar refractivity (Wildman–Crippen MR) is 65.0 cm³/mol. The van der Waals surface area contributed by atoms with Crippen molar-refractivity contribution in [2.24, 2.45) is 5.92 Å². The lowest BCUT2D eigenvalue weighted by molar-refractivity contribution is -0.0372. The Morgan fingerprint density at radius 3 is 2.20 bits per heavy atom. The molecule has 0 fully saturated rings. The van der Waals surface area contributed by atoms with Crippen LogP contribution in [-0.2, 0) is 0 Å². The second-order valence-corrected chi connectivity index (χ2v) is 4.43. The minimum Gasteiger partial charge on any atom is -0.390 e. The van der Waals surface area contributed by atoms with Crippen LogP contribution in [0.3, 0.4) is 0 Å². The summed E-state index contributed by atoms with van der Waals surface area (Å²) >= 11 is 4.50. The Morgan fingerprint density at radius 2 is 1.73 bits per heavy atom. The van der Waals surface area contributed by atoms with Crippen molar-refractivity contribution in [1.29, 1.82) is 0 Å². The predicted octanol–water partition coefficient (Wildman–Crippen LogP) is 1.29. The topological polar surface area (TPSA) is 60.7 Å². The first-order chi connectivity index (χ1) is 7.02. The average molecular weight is 234 g/mol. The number of aliphatic hydroxyl groups excluding tert-OH is 3. The molecule has 3 nitrogen and oxygen atoms in total. The van der Waals surface area contributed by atoms with E-state index in [1.165, 1.54) is 0 Å². The van der Waals surface area contributed by atoms with E-state index < -0.39 is 18.3 Å². The van der Waals surface area contributed by atoms with Crippen LogP contribution in [0.25, 0.3) is 0 Å². The molecule has 0 rings (SSSR count). The zero-order chi connectivity index (χ0) is 11.8. The molecule has 0 aromatic heterocycles. The number of rotatable bonds is 8. The van der Waals surface area contributed by atoms with Gasteiger partial charge in [0.15, 0.2) is 0 Å². The molecule has 0 saturated heterocycles. The first kappa shape index (κ1) is 15.0. The third kappa shape index (κ3) is 6.20. The molecule has 0 amide bonds. The van der Waals surface area contributed by atoms with E-state index in [1.54, 1.807) is 0 Å². The fourth-order valence-corrected chi connectivity index (χ4v) is 1.73. The zero-order valence-electron chi connectivity index (χ0n) is 9.47. The summed E-state index contributed by atoms with van der Waals surface area (Å²) in [6.45, 7) is 4.25. The summed E-state index contributed by atoms with van der Waals surface area (Å²) in [7, 11) is 0. The Balaban J connectivity index is 3.81. The van der Waals surface area contributed by atoms with E-state index in [0.717, 1.165) is 24.6 Å². The van der Waals surface area contributed by atoms with Gasteiger partial charge in [-0.1, -0.05) is 38.9 Å². The lowest BCUT2D eigenvalue weighted by atomic mass is 9.95. The molecule has 90 valence electrons. The van der Waals surface area contributed by atoms with Crippen LogP contribution in [0.4, 0.5) is 0 Å². The summed E-state index contributed by atoms with van der Waals surface area (Å²) < 4.78 is 0. The molecule has 0 aromatic carbocycles. The van der Waals surface area contributed by atoms with E-state index in [4.69, 9.17) is 0 Å². The highest BCUT2D eigenvalue weighted by Gasteiger charge is 2.22. The Hall–Kier alpha value is -0.0300. The van der Waals surface area contributed by atoms with Crippen molar-refractivity contribution in [1.82, 2.24) is 0 Å². The van der Waals surface area contributed by atoms with Crippen LogP contribution in [0.2, 0.25) is 0 Å². The van der Waals surface area contributed by atoms with Crippen LogP contribution in [0.15, 0.2) is 0 Å². The van der Waals surface area contributed by atoms with E-state index in [-0.39, 0.29) is 0 Å². The van der Waals surface area contributed by atoms with Gasteiger partial charge in [0.1, 0.15) is 12.2 Å². The van der Waals surface area contributed by atoms with Crippen LogP contribution < -0.4 is 0 Å². The quantitative estimate of drug-likeness (QED) is 0.554. The normalized spacial score (nSPS) is 19.3. The summed E-state index contributed by atoms with van der Waals surface area (Å²) in [5, 5.41) is 29.3. The van der Waals surface area contributed by atoms with Crippen LogP contribution in [0.5, 0.6) is 0 Å². The monoisotopic (exact) mass is 234 g/mol. The van der Waals surface area contributed by atoms with E-state index in [9.17, 15) is 15.3 Å². The van der Waals surface area contributed by atoms with Crippen molar-refractivity contribution in [2.45, 2.75) is 57.8 Å². The van der Waals surface area contributed by atoms with Crippen molar-refractivity contribution in [2.75, 3.05) is 0 Å². The maximum Gasteiger partial charge on any atom is 0.111 e. The van der Waals surface area contributed by atoms with Crippen molar-refractivity contribution >= 4 is 17.6 Å². The number of hydrogen-bond donors (Lipinski definition) is 3. The van der Waals surface area contributed by atoms with Crippen LogP contribution >= 0.6 is 12.2 Å². The molecule has 0 aliphatic heterocycles. The molecule has 4 heteroatoms. The summed E-state index contributed by atoms with van der Waals surface area (Å²) in [5.41, 5.74) is 0. The van der Waals surface area contributed by atoms with E-state index in [2.05, 4.69) is 26.1 Å². The molecule has 4 atom stereocenters. The van der Waals surface area contributed by atoms with Crippen molar-refractivity contribution in [3.8, 4) is 0 Å². The molecule has 0 heterocycles. The van der Waals surface area contributed by atoms with Gasteiger partial charge in [-0.2, -0.15) is 0 Å². The molecule has 0 bridgehead atoms. The van der Waals surface area contributed by atoms with E-state index in [1.807, 2.05) is 0 Å². The molecule has 1 unspecified atom stereocenters. The maximum absolute atomic E-state index is 9.56. The van der Waals surface area contributed by atoms with Crippen LogP contribution in [-0.4, -0.2) is 39.0 Å². The Bertz CT molecular complexity index is 175. The molecular formula is C11H22O3S. The Labute approximate surface area is 97.1 Å². The summed E-state index contributed by atoms with van der Waals surface area (Å²) in [6.07, 6.45) is 0.450. The number of thiocarbonyl (C=S) groups is 1. The van der Waals surface area contributed by atoms with Gasteiger partial charge in [0.25, 0.3) is 0 Å². The SMILES string of the molecule is CCCC(C)CC[C@@H](O)[C@@H](O)[C@@H](O)C=S. The van der Waals surface area contributed by atoms with Gasteiger partial charge in [-0.25, -0.2) is 0 Å². The molecule has 0 aliphatic carbocycles. The van der Waals surface area contributed by atoms with Crippen LogP contribution in [0, 0.1) is 5.92 Å². The standard InChI is InChI=1S/C11H22O3S/c1-3-4-8(2)5-6-9(12)11(14)10(13)7-15/h7-14H,3-6H2,1-2H3/t8?,9-,10+,11-/m1/s1. The molecule has 3 N–H and O–H groups in total. The van der Waals surface area contributed by atoms with E-state index in [0.29, 0.717) is 12.3 Å². The Kier molecular flexibility index (Phi) is 8.14. The largest absolute Gasteiger partial charge is 0.390 e. The Morgan fingerprint density at radius 1 is 1.13 bits per heavy atom. The summed E-state index contributed by atoms with van der Waals surface area (Å²) in [6, 6.07) is 0. The van der Waals surface area contributed by atoms with Crippen molar-refractivity contribution < 1.29 is 15.3 Å². The van der Waals surface area contributed by atoms with Gasteiger partial charge in [-0.3, -0.25) is 0 Å². The molecule has 0 aromatic rings. The van der Waals surface area contributed by atoms with Gasteiger partial charge in [0.2, 0.25) is 0 Å². The number of hydrogen-bond acceptors (Lipinski definition) is 4. The van der Waals surface area contributed by atoms with Crippen LogP contribution in [0.1, 0.15) is 39.5 Å². The first-order valence-corrected chi connectivity index (χ1v) is 5.99. The molecular weight excluding hydrogens is 212 g/mol. The highest BCUT2D eigenvalue weighted by Crippen LogP contribution is 2.15. The fraction of sp³-hybridized carbons (Fsp3) is 0.909. The van der Waals surface area contributed by atoms with E-state index >= 15 is 0 Å². The molecule has 0 saturated carbocycles. The third-order valence-corrected chi connectivity index (χ3v) is 2.90. The lowest BCUT2D eigenvalue weighted by Gasteiger charge is -2.21. The highest BCUT2D eigenvalue weighted by molar-refractivity contribution is 7.79. The second-order valence-electron chi connectivity index (χ2n) is 4.16. The maximum atomic E-state index is 9.56. The number of aliphatic hydroxyl groups is 3. The third-order valence-electron chi connectivity index (χ3n) is 2.62. The van der Waals surface area contributed by atoms with Gasteiger partial charge >= 0.3 is 0 Å². The van der Waals surface area contributed by atoms with Crippen molar-refractivity contribution in [3.05, 3.63) is 0 Å². The van der Waals surface area contributed by atoms with Crippen molar-refractivity contribution in [3.63, 3.8) is 0 Å². The van der Waals surface area contributed by atoms with Gasteiger partial charge in [0, 0.05) is 5.37 Å². The minimum atomic E-state index is -1.16. The first-order valence-electron chi connectivity index (χ1n) is 5.52. The lowest BCUT2D eigenvalue weighted by Crippen LogP contribution is -2.38. The van der Waals surface area contributed by atoms with Gasteiger partial charge in [0.05, 0.1) is 6.10 Å². The second kappa shape index (κ2) is 8.16. The van der Waals surface area contributed by atoms with Gasteiger partial charge < -0.3 is 15.3 Å². The zero-order valence-corrected chi connectivity index (χ0v) is 10.3. The highest BCUT2D eigenvalue weighted by atomic mass is 32.1. The van der Waals surface area contributed by atoms with Gasteiger partial charge in [-0.15, -0.1) is 0 Å². The molecule has 0 aliphatic rings. The minimum absolute atomic E-state index is 0.503.